The normalized spacial score (nSPS) is 13.9. The van der Waals surface area contributed by atoms with Crippen LogP contribution in [-0.2, 0) is 20.4 Å². The molecule has 0 bridgehead atoms. The van der Waals surface area contributed by atoms with E-state index in [4.69, 9.17) is 0 Å². The van der Waals surface area contributed by atoms with Crippen LogP contribution < -0.4 is 42.4 Å². The van der Waals surface area contributed by atoms with Crippen molar-refractivity contribution in [1.29, 1.82) is 0 Å². The SMILES string of the molecule is CCCCCC1=C(C)[C]([Ti+3])=C([SiH2]c2c(C)cc(C)cc2C)C1.[Cl-].[Cl-].[Cl-]. The van der Waals surface area contributed by atoms with Gasteiger partial charge in [-0.05, 0) is 0 Å². The van der Waals surface area contributed by atoms with E-state index in [9.17, 15) is 0 Å². The summed E-state index contributed by atoms with van der Waals surface area (Å²) in [5, 5.41) is 3.47. The molecule has 0 amide bonds. The van der Waals surface area contributed by atoms with Gasteiger partial charge in [-0.15, -0.1) is 0 Å². The molecule has 0 unspecified atom stereocenters. The zero-order valence-electron chi connectivity index (χ0n) is 16.0. The van der Waals surface area contributed by atoms with Crippen molar-refractivity contribution in [2.24, 2.45) is 0 Å². The molecule has 1 aliphatic carbocycles. The molecule has 0 saturated heterocycles. The summed E-state index contributed by atoms with van der Waals surface area (Å²) in [6, 6.07) is 4.73. The molecule has 0 atom stereocenters. The van der Waals surface area contributed by atoms with Gasteiger partial charge in [0.25, 0.3) is 0 Å². The van der Waals surface area contributed by atoms with E-state index in [0.717, 1.165) is 0 Å². The van der Waals surface area contributed by atoms with Gasteiger partial charge < -0.3 is 37.2 Å². The van der Waals surface area contributed by atoms with Crippen LogP contribution in [0.25, 0.3) is 0 Å². The van der Waals surface area contributed by atoms with Gasteiger partial charge >= 0.3 is 151 Å². The van der Waals surface area contributed by atoms with Crippen LogP contribution in [0.15, 0.2) is 32.4 Å². The molecule has 0 nitrogen and oxygen atoms in total. The van der Waals surface area contributed by atoms with Crippen molar-refractivity contribution in [1.82, 2.24) is 0 Å². The maximum atomic E-state index is 2.36. The van der Waals surface area contributed by atoms with Crippen molar-refractivity contribution in [3.63, 3.8) is 0 Å². The molecular formula is C20H29Cl3SiTi. The molecule has 1 aromatic carbocycles. The van der Waals surface area contributed by atoms with Gasteiger partial charge in [0.2, 0.25) is 0 Å². The molecule has 0 heterocycles. The van der Waals surface area contributed by atoms with Gasteiger partial charge in [-0.2, -0.15) is 0 Å². The third-order valence-corrected chi connectivity index (χ3v) is 9.19. The Hall–Kier alpha value is 0.501. The van der Waals surface area contributed by atoms with Crippen molar-refractivity contribution < 1.29 is 57.7 Å². The summed E-state index contributed by atoms with van der Waals surface area (Å²) in [4.78, 5) is 0. The summed E-state index contributed by atoms with van der Waals surface area (Å²) in [7, 11) is -0.310. The zero-order valence-corrected chi connectivity index (χ0v) is 21.3. The van der Waals surface area contributed by atoms with Gasteiger partial charge in [-0.3, -0.25) is 0 Å². The molecule has 0 radical (unpaired) electrons. The van der Waals surface area contributed by atoms with E-state index in [1.165, 1.54) is 48.8 Å². The average molecular weight is 452 g/mol. The minimum atomic E-state index is -0.310. The van der Waals surface area contributed by atoms with Gasteiger partial charge in [0, 0.05) is 0 Å². The van der Waals surface area contributed by atoms with E-state index in [-0.39, 0.29) is 46.7 Å². The van der Waals surface area contributed by atoms with Crippen LogP contribution in [0, 0.1) is 20.8 Å². The molecular weight excluding hydrogens is 423 g/mol. The maximum absolute atomic E-state index is 2.36. The Morgan fingerprint density at radius 2 is 1.52 bits per heavy atom. The van der Waals surface area contributed by atoms with E-state index < -0.39 is 0 Å². The summed E-state index contributed by atoms with van der Waals surface area (Å²) in [6.07, 6.45) is 6.66. The number of rotatable bonds is 6. The topological polar surface area (TPSA) is 0 Å². The van der Waals surface area contributed by atoms with E-state index in [2.05, 4.69) is 67.2 Å². The van der Waals surface area contributed by atoms with Crippen molar-refractivity contribution in [2.45, 2.75) is 66.7 Å². The van der Waals surface area contributed by atoms with Crippen LogP contribution in [0.4, 0.5) is 0 Å². The monoisotopic (exact) mass is 450 g/mol. The smallest absolute Gasteiger partial charge is 1.00 e. The molecule has 1 aliphatic rings. The molecule has 0 N–H and O–H groups in total. The molecule has 2 rings (SSSR count). The molecule has 0 aliphatic heterocycles. The van der Waals surface area contributed by atoms with E-state index >= 15 is 0 Å². The average Bonchev–Trinajstić information content (AvgIpc) is 2.71. The van der Waals surface area contributed by atoms with Crippen LogP contribution in [0.3, 0.4) is 0 Å². The minimum Gasteiger partial charge on any atom is -1.00 e. The number of unbranched alkanes of at least 4 members (excludes halogenated alkanes) is 2. The first kappa shape index (κ1) is 27.7. The predicted molar refractivity (Wildman–Crippen MR) is 97.3 cm³/mol. The van der Waals surface area contributed by atoms with Crippen LogP contribution in [0.5, 0.6) is 0 Å². The standard InChI is InChI=1S/C20H29Si.3ClH.Ti/c1-6-7-8-9-18-13-19(12-15(18)3)21-20-16(4)10-14(2)11-17(20)5;;;;/h10-11H,6-9,13,21H2,1-5H3;3*1H;/q;;;;+3/p-3. The minimum absolute atomic E-state index is 0. The summed E-state index contributed by atoms with van der Waals surface area (Å²) < 4.78 is 1.62. The summed E-state index contributed by atoms with van der Waals surface area (Å²) in [5.41, 5.74) is 7.78. The summed E-state index contributed by atoms with van der Waals surface area (Å²) in [5.74, 6) is 0. The maximum Gasteiger partial charge on any atom is -1.00 e. The summed E-state index contributed by atoms with van der Waals surface area (Å²) in [6.45, 7) is 11.5. The van der Waals surface area contributed by atoms with E-state index in [0.29, 0.717) is 0 Å². The van der Waals surface area contributed by atoms with Gasteiger partial charge in [0.05, 0.1) is 0 Å². The number of hydrogen-bond acceptors (Lipinski definition) is 0. The largest absolute Gasteiger partial charge is 1.00 e. The van der Waals surface area contributed by atoms with Gasteiger partial charge in [-0.1, -0.05) is 0 Å². The van der Waals surface area contributed by atoms with E-state index in [1.54, 1.807) is 25.4 Å². The fourth-order valence-corrected chi connectivity index (χ4v) is 6.52. The van der Waals surface area contributed by atoms with Crippen molar-refractivity contribution in [3.05, 3.63) is 49.0 Å². The van der Waals surface area contributed by atoms with Crippen molar-refractivity contribution in [2.75, 3.05) is 0 Å². The van der Waals surface area contributed by atoms with Crippen molar-refractivity contribution >= 4 is 14.7 Å². The molecule has 5 heteroatoms. The Labute approximate surface area is 187 Å². The van der Waals surface area contributed by atoms with Gasteiger partial charge in [-0.25, -0.2) is 0 Å². The third kappa shape index (κ3) is 7.20. The van der Waals surface area contributed by atoms with Crippen LogP contribution in [-0.4, -0.2) is 9.52 Å². The number of allylic oxidation sites excluding steroid dienone is 4. The Morgan fingerprint density at radius 3 is 2.04 bits per heavy atom. The Morgan fingerprint density at radius 1 is 0.960 bits per heavy atom. The number of halogens is 3. The first-order valence-corrected chi connectivity index (χ1v) is 10.8. The molecule has 0 aromatic heterocycles. The fraction of sp³-hybridized carbons (Fsp3) is 0.500. The second-order valence-corrected chi connectivity index (χ2v) is 9.59. The quantitative estimate of drug-likeness (QED) is 0.302. The molecule has 0 spiro atoms. The molecule has 138 valence electrons. The molecule has 1 aromatic rings. The molecule has 25 heavy (non-hydrogen) atoms. The van der Waals surface area contributed by atoms with Crippen molar-refractivity contribution in [3.8, 4) is 0 Å². The zero-order chi connectivity index (χ0) is 16.3. The van der Waals surface area contributed by atoms with Crippen LogP contribution in [0.1, 0.15) is 62.6 Å². The number of hydrogen-bond donors (Lipinski definition) is 0. The second kappa shape index (κ2) is 12.8. The molecule has 0 fully saturated rings. The first-order chi connectivity index (χ1) is 10.4. The Bertz CT molecular complexity index is 613. The predicted octanol–water partition coefficient (Wildman–Crippen LogP) is -4.52. The van der Waals surface area contributed by atoms with E-state index in [1.807, 2.05) is 0 Å². The van der Waals surface area contributed by atoms with Gasteiger partial charge in [0.15, 0.2) is 0 Å². The van der Waals surface area contributed by atoms with Crippen LogP contribution in [0.2, 0.25) is 0 Å². The number of benzene rings is 1. The molecule has 0 saturated carbocycles. The Balaban J connectivity index is 0. The van der Waals surface area contributed by atoms with Gasteiger partial charge in [0.1, 0.15) is 0 Å². The number of aryl methyl sites for hydroxylation is 3. The first-order valence-electron chi connectivity index (χ1n) is 8.63. The third-order valence-electron chi connectivity index (χ3n) is 5.00. The summed E-state index contributed by atoms with van der Waals surface area (Å²) >= 11 is 2.36. The second-order valence-electron chi connectivity index (χ2n) is 6.90. The Kier molecular flexibility index (Phi) is 14.2. The van der Waals surface area contributed by atoms with Crippen LogP contribution >= 0.6 is 0 Å². The fourth-order valence-electron chi connectivity index (χ4n) is 3.64.